The first-order valence-corrected chi connectivity index (χ1v) is 6.88. The number of hydrogen-bond donors (Lipinski definition) is 1. The maximum Gasteiger partial charge on any atom is 0.236 e. The third kappa shape index (κ3) is 4.78. The zero-order valence-corrected chi connectivity index (χ0v) is 13.1. The summed E-state index contributed by atoms with van der Waals surface area (Å²) in [7, 11) is 2.01. The Labute approximate surface area is 127 Å². The predicted molar refractivity (Wildman–Crippen MR) is 84.2 cm³/mol. The van der Waals surface area contributed by atoms with Gasteiger partial charge in [0, 0.05) is 32.7 Å². The lowest BCUT2D eigenvalue weighted by Crippen LogP contribution is -2.49. The van der Waals surface area contributed by atoms with Crippen LogP contribution in [0.5, 0.6) is 0 Å². The molecule has 2 rings (SSSR count). The van der Waals surface area contributed by atoms with E-state index in [1.165, 1.54) is 11.1 Å². The highest BCUT2D eigenvalue weighted by Gasteiger charge is 2.17. The Bertz CT molecular complexity index is 433. The van der Waals surface area contributed by atoms with E-state index < -0.39 is 0 Å². The van der Waals surface area contributed by atoms with Crippen LogP contribution >= 0.6 is 12.4 Å². The summed E-state index contributed by atoms with van der Waals surface area (Å²) in [6.07, 6.45) is 0. The minimum atomic E-state index is 0. The number of carbonyl (C=O) groups excluding carboxylic acids is 1. The quantitative estimate of drug-likeness (QED) is 0.909. The molecule has 0 atom stereocenters. The average molecular weight is 298 g/mol. The van der Waals surface area contributed by atoms with Crippen LogP contribution in [0.3, 0.4) is 0 Å². The van der Waals surface area contributed by atoms with Crippen molar-refractivity contribution in [3.05, 3.63) is 35.4 Å². The fourth-order valence-electron chi connectivity index (χ4n) is 2.38. The SMILES string of the molecule is Cc1ccccc1CN(C)CC(=O)N1CCNCC1.Cl. The molecule has 1 aromatic rings. The number of carbonyl (C=O) groups is 1. The summed E-state index contributed by atoms with van der Waals surface area (Å²) < 4.78 is 0. The van der Waals surface area contributed by atoms with Gasteiger partial charge in [0.15, 0.2) is 0 Å². The highest BCUT2D eigenvalue weighted by atomic mass is 35.5. The van der Waals surface area contributed by atoms with Crippen molar-refractivity contribution in [2.24, 2.45) is 0 Å². The molecule has 1 N–H and O–H groups in total. The standard InChI is InChI=1S/C15H23N3O.ClH/c1-13-5-3-4-6-14(13)11-17(2)12-15(19)18-9-7-16-8-10-18;/h3-6,16H,7-12H2,1-2H3;1H. The van der Waals surface area contributed by atoms with Crippen LogP contribution in [0.25, 0.3) is 0 Å². The minimum Gasteiger partial charge on any atom is -0.339 e. The van der Waals surface area contributed by atoms with Gasteiger partial charge in [-0.1, -0.05) is 24.3 Å². The van der Waals surface area contributed by atoms with Gasteiger partial charge < -0.3 is 10.2 Å². The smallest absolute Gasteiger partial charge is 0.236 e. The van der Waals surface area contributed by atoms with E-state index in [0.717, 1.165) is 32.7 Å². The number of hydrogen-bond acceptors (Lipinski definition) is 3. The van der Waals surface area contributed by atoms with Crippen LogP contribution in [0.2, 0.25) is 0 Å². The molecule has 0 radical (unpaired) electrons. The molecule has 5 heteroatoms. The van der Waals surface area contributed by atoms with E-state index in [9.17, 15) is 4.79 Å². The summed E-state index contributed by atoms with van der Waals surface area (Å²) in [5.41, 5.74) is 2.57. The zero-order chi connectivity index (χ0) is 13.7. The van der Waals surface area contributed by atoms with Crippen molar-refractivity contribution in [2.45, 2.75) is 13.5 Å². The molecular weight excluding hydrogens is 274 g/mol. The molecule has 1 heterocycles. The second-order valence-corrected chi connectivity index (χ2v) is 5.23. The number of amides is 1. The number of halogens is 1. The van der Waals surface area contributed by atoms with Crippen LogP contribution in [0.4, 0.5) is 0 Å². The molecule has 0 aromatic heterocycles. The first-order valence-electron chi connectivity index (χ1n) is 6.88. The Morgan fingerprint density at radius 3 is 2.60 bits per heavy atom. The van der Waals surface area contributed by atoms with Gasteiger partial charge in [-0.25, -0.2) is 0 Å². The monoisotopic (exact) mass is 297 g/mol. The normalized spacial score (nSPS) is 15.1. The van der Waals surface area contributed by atoms with Crippen molar-refractivity contribution >= 4 is 18.3 Å². The van der Waals surface area contributed by atoms with Gasteiger partial charge in [-0.15, -0.1) is 12.4 Å². The summed E-state index contributed by atoms with van der Waals surface area (Å²) in [5.74, 6) is 0.234. The zero-order valence-electron chi connectivity index (χ0n) is 12.3. The van der Waals surface area contributed by atoms with Crippen LogP contribution in [0.1, 0.15) is 11.1 Å². The topological polar surface area (TPSA) is 35.6 Å². The number of piperazine rings is 1. The molecule has 1 amide bonds. The van der Waals surface area contributed by atoms with Gasteiger partial charge in [-0.2, -0.15) is 0 Å². The maximum atomic E-state index is 12.1. The van der Waals surface area contributed by atoms with Gasteiger partial charge >= 0.3 is 0 Å². The Balaban J connectivity index is 0.00000200. The molecule has 1 aromatic carbocycles. The van der Waals surface area contributed by atoms with E-state index in [1.807, 2.05) is 24.1 Å². The van der Waals surface area contributed by atoms with E-state index >= 15 is 0 Å². The summed E-state index contributed by atoms with van der Waals surface area (Å²) in [4.78, 5) is 16.2. The van der Waals surface area contributed by atoms with Gasteiger partial charge in [0.1, 0.15) is 0 Å². The van der Waals surface area contributed by atoms with Crippen molar-refractivity contribution in [2.75, 3.05) is 39.8 Å². The maximum absolute atomic E-state index is 12.1. The Hall–Kier alpha value is -1.10. The summed E-state index contributed by atoms with van der Waals surface area (Å²) in [6.45, 7) is 6.91. The lowest BCUT2D eigenvalue weighted by molar-refractivity contribution is -0.132. The van der Waals surface area contributed by atoms with Crippen LogP contribution in [0.15, 0.2) is 24.3 Å². The molecule has 1 aliphatic heterocycles. The van der Waals surface area contributed by atoms with Crippen LogP contribution in [-0.2, 0) is 11.3 Å². The van der Waals surface area contributed by atoms with E-state index in [1.54, 1.807) is 0 Å². The third-order valence-corrected chi connectivity index (χ3v) is 3.58. The molecular formula is C15H24ClN3O. The summed E-state index contributed by atoms with van der Waals surface area (Å²) in [5, 5.41) is 3.26. The van der Waals surface area contributed by atoms with Crippen LogP contribution in [0, 0.1) is 6.92 Å². The number of rotatable bonds is 4. The number of nitrogens with zero attached hydrogens (tertiary/aromatic N) is 2. The molecule has 20 heavy (non-hydrogen) atoms. The fourth-order valence-corrected chi connectivity index (χ4v) is 2.38. The van der Waals surface area contributed by atoms with Crippen LogP contribution in [-0.4, -0.2) is 55.5 Å². The van der Waals surface area contributed by atoms with Crippen LogP contribution < -0.4 is 5.32 Å². The first kappa shape index (κ1) is 17.0. The van der Waals surface area contributed by atoms with Gasteiger partial charge in [-0.05, 0) is 25.1 Å². The molecule has 4 nitrogen and oxygen atoms in total. The molecule has 0 saturated carbocycles. The number of likely N-dealkylation sites (N-methyl/N-ethyl adjacent to an activating group) is 1. The molecule has 0 aliphatic carbocycles. The number of benzene rings is 1. The number of aryl methyl sites for hydroxylation is 1. The van der Waals surface area contributed by atoms with Crippen molar-refractivity contribution < 1.29 is 4.79 Å². The van der Waals surface area contributed by atoms with Crippen molar-refractivity contribution in [3.8, 4) is 0 Å². The van der Waals surface area contributed by atoms with Gasteiger partial charge in [0.2, 0.25) is 5.91 Å². The van der Waals surface area contributed by atoms with Crippen molar-refractivity contribution in [1.29, 1.82) is 0 Å². The van der Waals surface area contributed by atoms with Crippen molar-refractivity contribution in [1.82, 2.24) is 15.1 Å². The van der Waals surface area contributed by atoms with Gasteiger partial charge in [0.05, 0.1) is 6.54 Å². The van der Waals surface area contributed by atoms with E-state index in [-0.39, 0.29) is 18.3 Å². The molecule has 1 saturated heterocycles. The second-order valence-electron chi connectivity index (χ2n) is 5.23. The van der Waals surface area contributed by atoms with Crippen molar-refractivity contribution in [3.63, 3.8) is 0 Å². The molecule has 0 unspecified atom stereocenters. The first-order chi connectivity index (χ1) is 9.16. The molecule has 0 spiro atoms. The lowest BCUT2D eigenvalue weighted by atomic mass is 10.1. The third-order valence-electron chi connectivity index (χ3n) is 3.58. The summed E-state index contributed by atoms with van der Waals surface area (Å²) in [6, 6.07) is 8.33. The largest absolute Gasteiger partial charge is 0.339 e. The molecule has 1 aliphatic rings. The predicted octanol–water partition coefficient (Wildman–Crippen LogP) is 1.28. The minimum absolute atomic E-state index is 0. The van der Waals surface area contributed by atoms with E-state index in [0.29, 0.717) is 6.54 Å². The highest BCUT2D eigenvalue weighted by Crippen LogP contribution is 2.09. The Morgan fingerprint density at radius 1 is 1.30 bits per heavy atom. The fraction of sp³-hybridized carbons (Fsp3) is 0.533. The van der Waals surface area contributed by atoms with E-state index in [4.69, 9.17) is 0 Å². The average Bonchev–Trinajstić information content (AvgIpc) is 2.42. The Kier molecular flexibility index (Phi) is 6.99. The Morgan fingerprint density at radius 2 is 1.95 bits per heavy atom. The van der Waals surface area contributed by atoms with Gasteiger partial charge in [0.25, 0.3) is 0 Å². The lowest BCUT2D eigenvalue weighted by Gasteiger charge is -2.29. The van der Waals surface area contributed by atoms with E-state index in [2.05, 4.69) is 29.3 Å². The molecule has 112 valence electrons. The second kappa shape index (κ2) is 8.25. The highest BCUT2D eigenvalue weighted by molar-refractivity contribution is 5.85. The molecule has 0 bridgehead atoms. The number of nitrogens with one attached hydrogen (secondary N) is 1. The van der Waals surface area contributed by atoms with Gasteiger partial charge in [-0.3, -0.25) is 9.69 Å². The molecule has 1 fully saturated rings. The summed E-state index contributed by atoms with van der Waals surface area (Å²) >= 11 is 0.